The van der Waals surface area contributed by atoms with Gasteiger partial charge in [-0.1, -0.05) is 19.9 Å². The molecule has 0 bridgehead atoms. The predicted octanol–water partition coefficient (Wildman–Crippen LogP) is 2.49. The number of hydrogen-bond donors (Lipinski definition) is 1. The van der Waals surface area contributed by atoms with Crippen molar-refractivity contribution in [1.82, 2.24) is 15.2 Å². The largest absolute Gasteiger partial charge is 0.351 e. The third-order valence-corrected chi connectivity index (χ3v) is 4.00. The smallest absolute Gasteiger partial charge is 0.269 e. The lowest BCUT2D eigenvalue weighted by atomic mass is 9.92. The van der Waals surface area contributed by atoms with Crippen molar-refractivity contribution in [3.8, 4) is 0 Å². The summed E-state index contributed by atoms with van der Waals surface area (Å²) in [6.07, 6.45) is 2.34. The van der Waals surface area contributed by atoms with Gasteiger partial charge in [0.05, 0.1) is 0 Å². The number of nitrogens with zero attached hydrogens (tertiary/aromatic N) is 2. The van der Waals surface area contributed by atoms with Gasteiger partial charge in [0.2, 0.25) is 0 Å². The van der Waals surface area contributed by atoms with Crippen LogP contribution in [0.15, 0.2) is 18.2 Å². The molecule has 21 heavy (non-hydrogen) atoms. The fourth-order valence-corrected chi connectivity index (χ4v) is 3.24. The topological polar surface area (TPSA) is 45.2 Å². The van der Waals surface area contributed by atoms with Crippen molar-refractivity contribution in [2.24, 2.45) is 11.8 Å². The summed E-state index contributed by atoms with van der Waals surface area (Å²) < 4.78 is 0. The van der Waals surface area contributed by atoms with E-state index >= 15 is 0 Å². The van der Waals surface area contributed by atoms with Crippen molar-refractivity contribution >= 4 is 5.91 Å². The molecule has 0 unspecified atom stereocenters. The fraction of sp³-hybridized carbons (Fsp3) is 0.647. The molecule has 116 valence electrons. The number of pyridine rings is 1. The summed E-state index contributed by atoms with van der Waals surface area (Å²) in [4.78, 5) is 18.7. The fourth-order valence-electron chi connectivity index (χ4n) is 3.24. The molecule has 2 heterocycles. The van der Waals surface area contributed by atoms with Crippen LogP contribution in [0.25, 0.3) is 0 Å². The first-order valence-electron chi connectivity index (χ1n) is 7.99. The van der Waals surface area contributed by atoms with E-state index in [0.29, 0.717) is 12.2 Å². The van der Waals surface area contributed by atoms with Crippen molar-refractivity contribution in [2.75, 3.05) is 26.2 Å². The Morgan fingerprint density at radius 3 is 2.71 bits per heavy atom. The highest BCUT2D eigenvalue weighted by Crippen LogP contribution is 2.20. The zero-order valence-corrected chi connectivity index (χ0v) is 13.4. The molecule has 0 radical (unpaired) electrons. The maximum atomic E-state index is 12.0. The third kappa shape index (κ3) is 5.12. The Morgan fingerprint density at radius 1 is 1.33 bits per heavy atom. The normalized spacial score (nSPS) is 23.0. The highest BCUT2D eigenvalue weighted by molar-refractivity contribution is 5.92. The van der Waals surface area contributed by atoms with E-state index in [1.807, 2.05) is 19.1 Å². The second kappa shape index (κ2) is 7.55. The van der Waals surface area contributed by atoms with E-state index in [1.165, 1.54) is 19.5 Å². The summed E-state index contributed by atoms with van der Waals surface area (Å²) >= 11 is 0. The second-order valence-corrected chi connectivity index (χ2v) is 6.48. The molecule has 4 nitrogen and oxygen atoms in total. The Morgan fingerprint density at radius 2 is 2.05 bits per heavy atom. The lowest BCUT2D eigenvalue weighted by molar-refractivity contribution is 0.0942. The molecule has 1 saturated heterocycles. The van der Waals surface area contributed by atoms with E-state index < -0.39 is 0 Å². The Hall–Kier alpha value is -1.42. The SMILES string of the molecule is Cc1cccc(C(=O)NCCCN2C[C@H](C)C[C@@H](C)C2)n1. The number of carbonyl (C=O) groups is 1. The number of likely N-dealkylation sites (tertiary alicyclic amines) is 1. The summed E-state index contributed by atoms with van der Waals surface area (Å²) in [5.41, 5.74) is 1.38. The highest BCUT2D eigenvalue weighted by atomic mass is 16.1. The van der Waals surface area contributed by atoms with Crippen LogP contribution >= 0.6 is 0 Å². The molecule has 1 aliphatic rings. The molecule has 0 aliphatic carbocycles. The molecule has 2 rings (SSSR count). The summed E-state index contributed by atoms with van der Waals surface area (Å²) in [5.74, 6) is 1.51. The molecule has 1 aromatic heterocycles. The Kier molecular flexibility index (Phi) is 5.74. The van der Waals surface area contributed by atoms with Crippen LogP contribution in [0.5, 0.6) is 0 Å². The molecule has 4 heteroatoms. The van der Waals surface area contributed by atoms with Crippen LogP contribution in [0.4, 0.5) is 0 Å². The quantitative estimate of drug-likeness (QED) is 0.847. The average molecular weight is 289 g/mol. The molecule has 1 N–H and O–H groups in total. The van der Waals surface area contributed by atoms with Crippen molar-refractivity contribution in [3.05, 3.63) is 29.6 Å². The lowest BCUT2D eigenvalue weighted by Crippen LogP contribution is -2.40. The Balaban J connectivity index is 1.69. The summed E-state index contributed by atoms with van der Waals surface area (Å²) in [6.45, 7) is 10.7. The zero-order chi connectivity index (χ0) is 15.2. The third-order valence-electron chi connectivity index (χ3n) is 4.00. The van der Waals surface area contributed by atoms with Crippen molar-refractivity contribution in [2.45, 2.75) is 33.6 Å². The van der Waals surface area contributed by atoms with Gasteiger partial charge in [-0.3, -0.25) is 4.79 Å². The minimum atomic E-state index is -0.0703. The number of aryl methyl sites for hydroxylation is 1. The number of piperidine rings is 1. The van der Waals surface area contributed by atoms with Crippen LogP contribution in [-0.2, 0) is 0 Å². The maximum absolute atomic E-state index is 12.0. The Bertz CT molecular complexity index is 465. The van der Waals surface area contributed by atoms with Crippen LogP contribution < -0.4 is 5.32 Å². The van der Waals surface area contributed by atoms with Crippen LogP contribution in [-0.4, -0.2) is 42.0 Å². The zero-order valence-electron chi connectivity index (χ0n) is 13.4. The van der Waals surface area contributed by atoms with Gasteiger partial charge in [-0.25, -0.2) is 4.98 Å². The van der Waals surface area contributed by atoms with Gasteiger partial charge < -0.3 is 10.2 Å². The predicted molar refractivity (Wildman–Crippen MR) is 85.3 cm³/mol. The first-order chi connectivity index (χ1) is 10.0. The van der Waals surface area contributed by atoms with Crippen LogP contribution in [0.3, 0.4) is 0 Å². The Labute approximate surface area is 127 Å². The molecule has 0 saturated carbocycles. The minimum absolute atomic E-state index is 0.0703. The van der Waals surface area contributed by atoms with Gasteiger partial charge in [-0.15, -0.1) is 0 Å². The van der Waals surface area contributed by atoms with Gasteiger partial charge in [0, 0.05) is 25.3 Å². The number of hydrogen-bond acceptors (Lipinski definition) is 3. The number of nitrogens with one attached hydrogen (secondary N) is 1. The van der Waals surface area contributed by atoms with Crippen molar-refractivity contribution in [1.29, 1.82) is 0 Å². The average Bonchev–Trinajstić information content (AvgIpc) is 2.42. The van der Waals surface area contributed by atoms with E-state index in [1.54, 1.807) is 6.07 Å². The first kappa shape index (κ1) is 16.0. The van der Waals surface area contributed by atoms with Gasteiger partial charge in [0.15, 0.2) is 0 Å². The lowest BCUT2D eigenvalue weighted by Gasteiger charge is -2.34. The van der Waals surface area contributed by atoms with Gasteiger partial charge in [0.25, 0.3) is 5.91 Å². The first-order valence-corrected chi connectivity index (χ1v) is 7.99. The molecular weight excluding hydrogens is 262 g/mol. The molecule has 0 spiro atoms. The summed E-state index contributed by atoms with van der Waals surface area (Å²) in [6, 6.07) is 5.53. The number of carbonyl (C=O) groups excluding carboxylic acids is 1. The monoisotopic (exact) mass is 289 g/mol. The van der Waals surface area contributed by atoms with Crippen molar-refractivity contribution in [3.63, 3.8) is 0 Å². The number of amides is 1. The summed E-state index contributed by atoms with van der Waals surface area (Å²) in [5, 5.41) is 2.96. The minimum Gasteiger partial charge on any atom is -0.351 e. The molecule has 1 fully saturated rings. The molecule has 1 amide bonds. The summed E-state index contributed by atoms with van der Waals surface area (Å²) in [7, 11) is 0. The number of rotatable bonds is 5. The van der Waals surface area contributed by atoms with E-state index in [4.69, 9.17) is 0 Å². The number of aromatic nitrogens is 1. The van der Waals surface area contributed by atoms with Crippen LogP contribution in [0.1, 0.15) is 42.9 Å². The van der Waals surface area contributed by atoms with Gasteiger partial charge in [-0.05, 0) is 50.3 Å². The van der Waals surface area contributed by atoms with Crippen LogP contribution in [0.2, 0.25) is 0 Å². The van der Waals surface area contributed by atoms with Gasteiger partial charge in [-0.2, -0.15) is 0 Å². The standard InChI is InChI=1S/C17H27N3O/c1-13-10-14(2)12-20(11-13)9-5-8-18-17(21)16-7-4-6-15(3)19-16/h4,6-7,13-14H,5,8-12H2,1-3H3,(H,18,21)/t13-,14-/m1/s1. The highest BCUT2D eigenvalue weighted by Gasteiger charge is 2.21. The van der Waals surface area contributed by atoms with E-state index in [0.717, 1.165) is 30.5 Å². The van der Waals surface area contributed by atoms with E-state index in [9.17, 15) is 4.79 Å². The molecule has 1 aromatic rings. The van der Waals surface area contributed by atoms with Gasteiger partial charge in [0.1, 0.15) is 5.69 Å². The van der Waals surface area contributed by atoms with E-state index in [-0.39, 0.29) is 5.91 Å². The maximum Gasteiger partial charge on any atom is 0.269 e. The second-order valence-electron chi connectivity index (χ2n) is 6.48. The van der Waals surface area contributed by atoms with Crippen LogP contribution in [0, 0.1) is 18.8 Å². The van der Waals surface area contributed by atoms with Crippen molar-refractivity contribution < 1.29 is 4.79 Å². The molecule has 2 atom stereocenters. The molecule has 0 aromatic carbocycles. The molecule has 1 aliphatic heterocycles. The van der Waals surface area contributed by atoms with E-state index in [2.05, 4.69) is 29.0 Å². The van der Waals surface area contributed by atoms with Gasteiger partial charge >= 0.3 is 0 Å². The molecular formula is C17H27N3O.